The van der Waals surface area contributed by atoms with Crippen LogP contribution in [0, 0.1) is 0 Å². The van der Waals surface area contributed by atoms with Crippen molar-refractivity contribution in [3.05, 3.63) is 230 Å². The first kappa shape index (κ1) is 50.6. The summed E-state index contributed by atoms with van der Waals surface area (Å²) >= 11 is 0. The minimum atomic E-state index is 0.0808. The fourth-order valence-corrected chi connectivity index (χ4v) is 12.7. The molecule has 0 heterocycles. The van der Waals surface area contributed by atoms with Gasteiger partial charge in [-0.25, -0.2) is 0 Å². The normalized spacial score (nSPS) is 12.7. The van der Waals surface area contributed by atoms with Crippen LogP contribution in [-0.4, -0.2) is 12.2 Å². The summed E-state index contributed by atoms with van der Waals surface area (Å²) in [5.41, 5.74) is 14.3. The van der Waals surface area contributed by atoms with Crippen molar-refractivity contribution in [3.8, 4) is 33.8 Å². The molecule has 13 rings (SSSR count). The van der Waals surface area contributed by atoms with Gasteiger partial charge in [0, 0.05) is 33.5 Å². The molecule has 13 aromatic rings. The Morgan fingerprint density at radius 2 is 0.613 bits per heavy atom. The molecular weight excluding hydrogens is 973 g/mol. The number of rotatable bonds is 16. The number of ether oxygens (including phenoxy) is 2. The van der Waals surface area contributed by atoms with Crippen molar-refractivity contribution in [2.75, 3.05) is 9.80 Å². The van der Waals surface area contributed by atoms with E-state index in [1.54, 1.807) is 0 Å². The van der Waals surface area contributed by atoms with Crippen LogP contribution in [0.25, 0.3) is 86.9 Å². The lowest BCUT2D eigenvalue weighted by Crippen LogP contribution is -2.11. The van der Waals surface area contributed by atoms with E-state index in [9.17, 15) is 0 Å². The van der Waals surface area contributed by atoms with Crippen LogP contribution >= 0.6 is 0 Å². The Balaban J connectivity index is 1.11. The highest BCUT2D eigenvalue weighted by atomic mass is 16.5. The van der Waals surface area contributed by atoms with Crippen LogP contribution in [0.1, 0.15) is 91.2 Å². The zero-order valence-electron chi connectivity index (χ0n) is 47.2. The SMILES string of the molecule is CCC(C)c1ccc(N(c2ccc(OC(C)C)cc2)c2ccc3c4c(-c5ccccc5)c5c6ccc(N(c7ccc(OC(C)C)cc7)c7ccc(C(C)CC)cc7)c7cccc(c5c(-c5ccccc5)c4c4cccc2c43)c76)cc1. The van der Waals surface area contributed by atoms with E-state index in [-0.39, 0.29) is 12.2 Å². The maximum Gasteiger partial charge on any atom is 0.119 e. The lowest BCUT2D eigenvalue weighted by molar-refractivity contribution is 0.242. The Bertz CT molecular complexity index is 3980. The molecule has 13 aromatic carbocycles. The van der Waals surface area contributed by atoms with Gasteiger partial charge in [0.2, 0.25) is 0 Å². The van der Waals surface area contributed by atoms with Crippen molar-refractivity contribution in [1.29, 1.82) is 0 Å². The number of nitrogens with zero attached hydrogens (tertiary/aromatic N) is 2. The van der Waals surface area contributed by atoms with Gasteiger partial charge in [-0.3, -0.25) is 0 Å². The molecule has 0 N–H and O–H groups in total. The van der Waals surface area contributed by atoms with Crippen molar-refractivity contribution < 1.29 is 9.47 Å². The lowest BCUT2D eigenvalue weighted by atomic mass is 9.87. The molecule has 0 aliphatic rings. The van der Waals surface area contributed by atoms with Crippen LogP contribution in [-0.2, 0) is 0 Å². The summed E-state index contributed by atoms with van der Waals surface area (Å²) < 4.78 is 12.4. The molecule has 394 valence electrons. The molecule has 0 fully saturated rings. The lowest BCUT2D eigenvalue weighted by Gasteiger charge is -2.28. The van der Waals surface area contributed by atoms with Crippen LogP contribution in [0.15, 0.2) is 218 Å². The van der Waals surface area contributed by atoms with Crippen molar-refractivity contribution in [2.45, 2.75) is 92.3 Å². The van der Waals surface area contributed by atoms with Gasteiger partial charge in [-0.1, -0.05) is 161 Å². The van der Waals surface area contributed by atoms with Crippen molar-refractivity contribution in [3.63, 3.8) is 0 Å². The maximum absolute atomic E-state index is 6.18. The summed E-state index contributed by atoms with van der Waals surface area (Å²) in [7, 11) is 0. The average Bonchev–Trinajstić information content (AvgIpc) is 4.04. The summed E-state index contributed by atoms with van der Waals surface area (Å²) in [4.78, 5) is 4.88. The van der Waals surface area contributed by atoms with Gasteiger partial charge in [0.05, 0.1) is 23.6 Å². The van der Waals surface area contributed by atoms with Crippen LogP contribution in [0.2, 0.25) is 0 Å². The number of hydrogen-bond donors (Lipinski definition) is 0. The third-order valence-corrected chi connectivity index (χ3v) is 16.8. The van der Waals surface area contributed by atoms with Crippen LogP contribution in [0.3, 0.4) is 0 Å². The molecule has 0 saturated carbocycles. The predicted octanol–water partition coefficient (Wildman–Crippen LogP) is 22.4. The second-order valence-electron chi connectivity index (χ2n) is 22.5. The highest BCUT2D eigenvalue weighted by Gasteiger charge is 2.30. The molecule has 0 bridgehead atoms. The zero-order chi connectivity index (χ0) is 54.8. The van der Waals surface area contributed by atoms with E-state index in [4.69, 9.17) is 9.47 Å². The number of hydrogen-bond acceptors (Lipinski definition) is 4. The summed E-state index contributed by atoms with van der Waals surface area (Å²) in [5.74, 6) is 2.67. The van der Waals surface area contributed by atoms with Gasteiger partial charge in [0.25, 0.3) is 0 Å². The van der Waals surface area contributed by atoms with E-state index < -0.39 is 0 Å². The molecule has 4 heteroatoms. The van der Waals surface area contributed by atoms with Gasteiger partial charge >= 0.3 is 0 Å². The molecule has 0 aliphatic carbocycles. The quantitative estimate of drug-likeness (QED) is 0.0963. The second kappa shape index (κ2) is 20.7. The van der Waals surface area contributed by atoms with Gasteiger partial charge in [-0.15, -0.1) is 0 Å². The Morgan fingerprint density at radius 3 is 0.938 bits per heavy atom. The molecule has 0 radical (unpaired) electrons. The summed E-state index contributed by atoms with van der Waals surface area (Å²) in [6.45, 7) is 17.5. The standard InChI is InChI=1S/C76H68N2O2/c1-9-49(7)51-27-31-55(32-28-51)77(57-35-39-59(40-36-57)79-47(3)4)67-45-43-65-71-61(67)23-17-25-63(71)73-69(53-19-13-11-14-20-53)74-64-26-18-24-62-68(46-44-66(72(62)64)76(74)70(75(65)73)54-21-15-12-16-22-54)78(56-33-29-52(30-34-56)50(8)10-2)58-37-41-60(42-38-58)80-48(5)6/h11-50H,9-10H2,1-8H3. The molecule has 0 saturated heterocycles. The topological polar surface area (TPSA) is 24.9 Å². The molecule has 0 aliphatic heterocycles. The molecule has 4 nitrogen and oxygen atoms in total. The minimum Gasteiger partial charge on any atom is -0.491 e. The van der Waals surface area contributed by atoms with Crippen LogP contribution in [0.4, 0.5) is 34.1 Å². The monoisotopic (exact) mass is 1040 g/mol. The zero-order valence-corrected chi connectivity index (χ0v) is 47.2. The molecule has 2 unspecified atom stereocenters. The highest BCUT2D eigenvalue weighted by Crippen LogP contribution is 2.58. The molecule has 0 aromatic heterocycles. The van der Waals surface area contributed by atoms with Crippen molar-refractivity contribution in [2.24, 2.45) is 0 Å². The molecule has 2 atom stereocenters. The third-order valence-electron chi connectivity index (χ3n) is 16.8. The first-order chi connectivity index (χ1) is 39.1. The fraction of sp³-hybridized carbons (Fsp3) is 0.184. The Kier molecular flexibility index (Phi) is 13.1. The maximum atomic E-state index is 6.18. The third kappa shape index (κ3) is 8.61. The Morgan fingerprint density at radius 1 is 0.300 bits per heavy atom. The predicted molar refractivity (Wildman–Crippen MR) is 343 cm³/mol. The molecule has 0 amide bonds. The highest BCUT2D eigenvalue weighted by molar-refractivity contribution is 6.47. The van der Waals surface area contributed by atoms with E-state index in [2.05, 4.69) is 284 Å². The van der Waals surface area contributed by atoms with Crippen molar-refractivity contribution >= 4 is 98.8 Å². The smallest absolute Gasteiger partial charge is 0.119 e. The number of fused-ring (bicyclic) bond motifs is 6. The second-order valence-corrected chi connectivity index (χ2v) is 22.5. The number of benzene rings is 11. The first-order valence-corrected chi connectivity index (χ1v) is 28.9. The van der Waals surface area contributed by atoms with E-state index in [0.717, 1.165) is 58.5 Å². The van der Waals surface area contributed by atoms with E-state index in [0.29, 0.717) is 11.8 Å². The van der Waals surface area contributed by atoms with E-state index in [1.807, 2.05) is 0 Å². The molecular formula is C76H68N2O2. The van der Waals surface area contributed by atoms with Gasteiger partial charge in [-0.05, 0) is 225 Å². The van der Waals surface area contributed by atoms with Gasteiger partial charge in [0.1, 0.15) is 11.5 Å². The van der Waals surface area contributed by atoms with E-state index in [1.165, 1.54) is 98.0 Å². The first-order valence-electron chi connectivity index (χ1n) is 28.9. The number of anilines is 6. The Labute approximate surface area is 471 Å². The summed E-state index contributed by atoms with van der Waals surface area (Å²) in [6, 6.07) is 81.6. The minimum absolute atomic E-state index is 0.0808. The summed E-state index contributed by atoms with van der Waals surface area (Å²) in [5, 5.41) is 15.1. The van der Waals surface area contributed by atoms with Gasteiger partial charge in [0.15, 0.2) is 0 Å². The van der Waals surface area contributed by atoms with Crippen LogP contribution < -0.4 is 19.3 Å². The molecule has 80 heavy (non-hydrogen) atoms. The van der Waals surface area contributed by atoms with E-state index >= 15 is 0 Å². The van der Waals surface area contributed by atoms with Crippen molar-refractivity contribution in [1.82, 2.24) is 0 Å². The Hall–Kier alpha value is -8.86. The average molecular weight is 1040 g/mol. The van der Waals surface area contributed by atoms with Gasteiger partial charge in [-0.2, -0.15) is 0 Å². The van der Waals surface area contributed by atoms with Gasteiger partial charge < -0.3 is 19.3 Å². The largest absolute Gasteiger partial charge is 0.491 e. The van der Waals surface area contributed by atoms with Crippen LogP contribution in [0.5, 0.6) is 11.5 Å². The summed E-state index contributed by atoms with van der Waals surface area (Å²) in [6.07, 6.45) is 2.34. The molecule has 0 spiro atoms. The fourth-order valence-electron chi connectivity index (χ4n) is 12.7.